The van der Waals surface area contributed by atoms with Crippen LogP contribution in [0.4, 0.5) is 4.79 Å². The Bertz CT molecular complexity index is 88.6. The first kappa shape index (κ1) is 11.1. The third-order valence-electron chi connectivity index (χ3n) is 0.325. The maximum Gasteiger partial charge on any atom is 2.00 e. The first-order valence-corrected chi connectivity index (χ1v) is 1.74. The summed E-state index contributed by atoms with van der Waals surface area (Å²) in [5.41, 5.74) is 0. The fraction of sp³-hybridized carbons (Fsp3) is 0.250. The minimum atomic E-state index is -1.26. The van der Waals surface area contributed by atoms with Crippen molar-refractivity contribution in [1.29, 1.82) is 0 Å². The molecule has 8 heavy (non-hydrogen) atoms. The minimum Gasteiger partial charge on any atom is -1.00 e. The van der Waals surface area contributed by atoms with Crippen LogP contribution in [0, 0.1) is 0 Å². The van der Waals surface area contributed by atoms with Gasteiger partial charge < -0.3 is 12.7 Å². The molecule has 0 heterocycles. The summed E-state index contributed by atoms with van der Waals surface area (Å²) in [5.74, 6) is 0. The van der Waals surface area contributed by atoms with Crippen LogP contribution in [-0.4, -0.2) is 55.6 Å². The first-order valence-electron chi connectivity index (χ1n) is 1.74. The van der Waals surface area contributed by atoms with Gasteiger partial charge in [-0.2, -0.15) is 0 Å². The van der Waals surface area contributed by atoms with Gasteiger partial charge in [0.15, 0.2) is 0 Å². The fourth-order valence-corrected chi connectivity index (χ4v) is 0.130. The maximum absolute atomic E-state index is 9.49. The van der Waals surface area contributed by atoms with E-state index in [4.69, 9.17) is 5.11 Å². The van der Waals surface area contributed by atoms with Crippen LogP contribution in [0.15, 0.2) is 12.7 Å². The van der Waals surface area contributed by atoms with Crippen molar-refractivity contribution in [3.8, 4) is 0 Å². The molecular formula is C4H8CaO3. The Morgan fingerprint density at radius 2 is 2.50 bits per heavy atom. The van der Waals surface area contributed by atoms with Crippen LogP contribution in [-0.2, 0) is 4.74 Å². The van der Waals surface area contributed by atoms with Crippen molar-refractivity contribution in [2.45, 2.75) is 0 Å². The Morgan fingerprint density at radius 1 is 2.00 bits per heavy atom. The van der Waals surface area contributed by atoms with Gasteiger partial charge in [-0.25, -0.2) is 4.79 Å². The summed E-state index contributed by atoms with van der Waals surface area (Å²) < 4.78 is 3.99. The van der Waals surface area contributed by atoms with Crippen LogP contribution in [0.3, 0.4) is 0 Å². The van der Waals surface area contributed by atoms with Gasteiger partial charge in [0.25, 0.3) is 0 Å². The molecule has 0 aromatic carbocycles. The van der Waals surface area contributed by atoms with E-state index in [0.717, 1.165) is 0 Å². The molecule has 0 atom stereocenters. The molecule has 0 aliphatic carbocycles. The number of hydrogen-bond acceptors (Lipinski definition) is 2. The molecule has 0 radical (unpaired) electrons. The molecule has 0 aromatic rings. The van der Waals surface area contributed by atoms with E-state index < -0.39 is 6.16 Å². The predicted octanol–water partition coefficient (Wildman–Crippen LogP) is 0.711. The molecule has 0 amide bonds. The molecule has 0 bridgehead atoms. The molecule has 0 aliphatic rings. The second-order valence-corrected chi connectivity index (χ2v) is 0.866. The van der Waals surface area contributed by atoms with Crippen LogP contribution in [0.2, 0.25) is 0 Å². The average molecular weight is 144 g/mol. The first-order chi connectivity index (χ1) is 3.27. The van der Waals surface area contributed by atoms with E-state index >= 15 is 0 Å². The Kier molecular flexibility index (Phi) is 10.1. The molecule has 0 spiro atoms. The molecule has 0 aliphatic heterocycles. The Labute approximate surface area is 80.3 Å². The van der Waals surface area contributed by atoms with Gasteiger partial charge >= 0.3 is 43.9 Å². The summed E-state index contributed by atoms with van der Waals surface area (Å²) in [6.07, 6.45) is 0.105. The molecule has 4 heteroatoms. The van der Waals surface area contributed by atoms with Crippen LogP contribution in [0.1, 0.15) is 2.85 Å². The molecule has 0 saturated heterocycles. The van der Waals surface area contributed by atoms with Crippen molar-refractivity contribution in [2.75, 3.05) is 6.61 Å². The van der Waals surface area contributed by atoms with E-state index in [-0.39, 0.29) is 47.2 Å². The second kappa shape index (κ2) is 7.27. The summed E-state index contributed by atoms with van der Waals surface area (Å²) in [6.45, 7) is 3.31. The zero-order chi connectivity index (χ0) is 5.70. The third-order valence-corrected chi connectivity index (χ3v) is 0.325. The molecule has 0 fully saturated rings. The topological polar surface area (TPSA) is 46.5 Å². The van der Waals surface area contributed by atoms with Crippen molar-refractivity contribution in [3.63, 3.8) is 0 Å². The van der Waals surface area contributed by atoms with Gasteiger partial charge in [-0.1, -0.05) is 12.7 Å². The Balaban J connectivity index is -0.0000000600. The number of hydrogen-bond donors (Lipinski definition) is 1. The second-order valence-electron chi connectivity index (χ2n) is 0.866. The Hall–Kier alpha value is 0.270. The van der Waals surface area contributed by atoms with Crippen LogP contribution < -0.4 is 0 Å². The molecule has 0 aromatic heterocycles. The van der Waals surface area contributed by atoms with Gasteiger partial charge in [0.2, 0.25) is 0 Å². The van der Waals surface area contributed by atoms with E-state index in [2.05, 4.69) is 11.3 Å². The number of carboxylic acid groups (broad SMARTS) is 1. The van der Waals surface area contributed by atoms with Crippen LogP contribution in [0.25, 0.3) is 0 Å². The largest absolute Gasteiger partial charge is 2.00 e. The third kappa shape index (κ3) is 9.55. The van der Waals surface area contributed by atoms with Gasteiger partial charge in [-0.05, 0) is 0 Å². The molecule has 3 nitrogen and oxygen atoms in total. The van der Waals surface area contributed by atoms with Crippen LogP contribution >= 0.6 is 0 Å². The molecule has 0 rings (SSSR count). The van der Waals surface area contributed by atoms with Gasteiger partial charge in [0.05, 0.1) is 0 Å². The average Bonchev–Trinajstić information content (AvgIpc) is 1.61. The molecule has 0 unspecified atom stereocenters. The van der Waals surface area contributed by atoms with Gasteiger partial charge in [0.1, 0.15) is 6.61 Å². The molecule has 1 N–H and O–H groups in total. The van der Waals surface area contributed by atoms with E-state index in [1.54, 1.807) is 0 Å². The van der Waals surface area contributed by atoms with E-state index in [1.165, 1.54) is 6.08 Å². The van der Waals surface area contributed by atoms with E-state index in [9.17, 15) is 4.79 Å². The summed E-state index contributed by atoms with van der Waals surface area (Å²) in [5, 5.41) is 7.77. The minimum absolute atomic E-state index is 0. The van der Waals surface area contributed by atoms with Gasteiger partial charge in [0, 0.05) is 0 Å². The number of carbonyl (C=O) groups is 1. The van der Waals surface area contributed by atoms with E-state index in [0.29, 0.717) is 0 Å². The molecule has 0 saturated carbocycles. The summed E-state index contributed by atoms with van der Waals surface area (Å²) >= 11 is 0. The maximum atomic E-state index is 9.49. The van der Waals surface area contributed by atoms with Crippen LogP contribution in [0.5, 0.6) is 0 Å². The van der Waals surface area contributed by atoms with Crippen molar-refractivity contribution >= 4 is 43.9 Å². The summed E-state index contributed by atoms with van der Waals surface area (Å²) in [4.78, 5) is 9.49. The van der Waals surface area contributed by atoms with Crippen molar-refractivity contribution in [1.82, 2.24) is 0 Å². The Morgan fingerprint density at radius 3 is 2.62 bits per heavy atom. The van der Waals surface area contributed by atoms with Gasteiger partial charge in [-0.3, -0.25) is 0 Å². The normalized spacial score (nSPS) is 6.50. The SMILES string of the molecule is C=CCOC(=O)O.[Ca+2].[H-].[H-]. The zero-order valence-corrected chi connectivity index (χ0v) is 6.67. The smallest absolute Gasteiger partial charge is 1.00 e. The molecular weight excluding hydrogens is 136 g/mol. The van der Waals surface area contributed by atoms with E-state index in [1.807, 2.05) is 0 Å². The standard InChI is InChI=1S/C4H6O3.Ca.2H/c1-2-3-7-4(5)6;;;/h2H,1,3H2,(H,5,6);;;/q;+2;2*-1. The van der Waals surface area contributed by atoms with Crippen molar-refractivity contribution in [2.24, 2.45) is 0 Å². The summed E-state index contributed by atoms with van der Waals surface area (Å²) in [6, 6.07) is 0. The van der Waals surface area contributed by atoms with Crippen molar-refractivity contribution in [3.05, 3.63) is 12.7 Å². The summed E-state index contributed by atoms with van der Waals surface area (Å²) in [7, 11) is 0. The predicted molar refractivity (Wildman–Crippen MR) is 32.2 cm³/mol. The van der Waals surface area contributed by atoms with Gasteiger partial charge in [-0.15, -0.1) is 0 Å². The number of ether oxygens (including phenoxy) is 1. The van der Waals surface area contributed by atoms with Crippen molar-refractivity contribution < 1.29 is 17.5 Å². The monoisotopic (exact) mass is 144 g/mol. The zero-order valence-electron chi connectivity index (χ0n) is 6.46. The number of rotatable bonds is 2. The quantitative estimate of drug-likeness (QED) is 0.353. The fourth-order valence-electron chi connectivity index (χ4n) is 0.130. The molecule has 44 valence electrons.